The minimum Gasteiger partial charge on any atom is -0.456 e. The van der Waals surface area contributed by atoms with Crippen LogP contribution in [0.1, 0.15) is 19.3 Å². The highest BCUT2D eigenvalue weighted by molar-refractivity contribution is 5.81. The monoisotopic (exact) mass is 304 g/mol. The van der Waals surface area contributed by atoms with Gasteiger partial charge in [-0.15, -0.1) is 0 Å². The highest BCUT2D eigenvalue weighted by Gasteiger charge is 2.23. The van der Waals surface area contributed by atoms with Gasteiger partial charge in [-0.3, -0.25) is 14.2 Å². The van der Waals surface area contributed by atoms with Crippen LogP contribution in [0.15, 0.2) is 33.5 Å². The molecule has 7 heteroatoms. The summed E-state index contributed by atoms with van der Waals surface area (Å²) in [5.74, 6) is -1.33. The van der Waals surface area contributed by atoms with Crippen molar-refractivity contribution in [3.05, 3.63) is 34.8 Å². The van der Waals surface area contributed by atoms with Gasteiger partial charge in [0.2, 0.25) is 0 Å². The summed E-state index contributed by atoms with van der Waals surface area (Å²) >= 11 is 0. The van der Waals surface area contributed by atoms with E-state index in [1.54, 1.807) is 24.3 Å². The number of esters is 1. The molecule has 1 aromatic carbocycles. The van der Waals surface area contributed by atoms with Crippen LogP contribution < -0.4 is 11.1 Å². The largest absolute Gasteiger partial charge is 0.456 e. The van der Waals surface area contributed by atoms with Crippen molar-refractivity contribution in [2.45, 2.75) is 31.8 Å². The van der Waals surface area contributed by atoms with Gasteiger partial charge in [-0.25, -0.2) is 4.79 Å². The predicted octanol–water partition coefficient (Wildman–Crippen LogP) is 0.806. The summed E-state index contributed by atoms with van der Waals surface area (Å²) in [6, 6.07) is 7.22. The minimum atomic E-state index is -0.525. The van der Waals surface area contributed by atoms with E-state index in [0.717, 1.165) is 12.8 Å². The highest BCUT2D eigenvalue weighted by atomic mass is 16.5. The molecular weight excluding hydrogens is 288 g/mol. The maximum atomic E-state index is 11.7. The fourth-order valence-electron chi connectivity index (χ4n) is 2.14. The Morgan fingerprint density at radius 3 is 2.86 bits per heavy atom. The smallest absolute Gasteiger partial charge is 0.419 e. The zero-order valence-corrected chi connectivity index (χ0v) is 11.9. The molecule has 0 bridgehead atoms. The van der Waals surface area contributed by atoms with Gasteiger partial charge in [0.1, 0.15) is 0 Å². The van der Waals surface area contributed by atoms with E-state index in [2.05, 4.69) is 5.32 Å². The number of benzene rings is 1. The van der Waals surface area contributed by atoms with Crippen molar-refractivity contribution < 1.29 is 18.7 Å². The van der Waals surface area contributed by atoms with Gasteiger partial charge in [0, 0.05) is 12.6 Å². The third kappa shape index (κ3) is 3.36. The molecule has 3 rings (SSSR count). The second kappa shape index (κ2) is 6.05. The van der Waals surface area contributed by atoms with E-state index in [0.29, 0.717) is 11.1 Å². The summed E-state index contributed by atoms with van der Waals surface area (Å²) in [5.41, 5.74) is 1.11. The molecule has 116 valence electrons. The normalized spacial score (nSPS) is 14.0. The van der Waals surface area contributed by atoms with Crippen molar-refractivity contribution in [3.63, 3.8) is 0 Å². The number of oxazole rings is 1. The lowest BCUT2D eigenvalue weighted by atomic mass is 10.3. The average molecular weight is 304 g/mol. The number of aromatic nitrogens is 1. The van der Waals surface area contributed by atoms with Crippen LogP contribution in [0.25, 0.3) is 11.1 Å². The number of carbonyl (C=O) groups excluding carboxylic acids is 2. The second-order valence-corrected chi connectivity index (χ2v) is 5.24. The fraction of sp³-hybridized carbons (Fsp3) is 0.400. The van der Waals surface area contributed by atoms with Crippen LogP contribution in [0.5, 0.6) is 0 Å². The van der Waals surface area contributed by atoms with Crippen LogP contribution in [-0.4, -0.2) is 29.1 Å². The Balaban J connectivity index is 1.52. The topological polar surface area (TPSA) is 90.5 Å². The van der Waals surface area contributed by atoms with Crippen LogP contribution >= 0.6 is 0 Å². The minimum absolute atomic E-state index is 0.000142. The van der Waals surface area contributed by atoms with Crippen LogP contribution in [0.3, 0.4) is 0 Å². The SMILES string of the molecule is O=C(COC(=O)CCn1c(=O)oc2ccccc21)NC1CC1. The van der Waals surface area contributed by atoms with Gasteiger partial charge < -0.3 is 14.5 Å². The van der Waals surface area contributed by atoms with Gasteiger partial charge in [-0.2, -0.15) is 0 Å². The Labute approximate surface area is 125 Å². The van der Waals surface area contributed by atoms with Crippen LogP contribution in [0, 0.1) is 0 Å². The molecule has 0 unspecified atom stereocenters. The zero-order valence-electron chi connectivity index (χ0n) is 11.9. The van der Waals surface area contributed by atoms with Crippen molar-refractivity contribution in [2.75, 3.05) is 6.61 Å². The second-order valence-electron chi connectivity index (χ2n) is 5.24. The number of rotatable bonds is 6. The Morgan fingerprint density at radius 2 is 2.09 bits per heavy atom. The van der Waals surface area contributed by atoms with Gasteiger partial charge in [0.15, 0.2) is 12.2 Å². The molecule has 1 saturated carbocycles. The third-order valence-electron chi connectivity index (χ3n) is 3.42. The molecule has 0 spiro atoms. The van der Waals surface area contributed by atoms with E-state index in [1.165, 1.54) is 4.57 Å². The molecular formula is C15H16N2O5. The first-order valence-electron chi connectivity index (χ1n) is 7.17. The molecule has 1 heterocycles. The lowest BCUT2D eigenvalue weighted by Crippen LogP contribution is -2.30. The maximum Gasteiger partial charge on any atom is 0.419 e. The lowest BCUT2D eigenvalue weighted by Gasteiger charge is -2.05. The summed E-state index contributed by atoms with van der Waals surface area (Å²) in [6.07, 6.45) is 1.96. The number of hydrogen-bond donors (Lipinski definition) is 1. The molecule has 1 aliphatic carbocycles. The Bertz CT molecular complexity index is 757. The Morgan fingerprint density at radius 1 is 1.32 bits per heavy atom. The van der Waals surface area contributed by atoms with E-state index in [-0.39, 0.29) is 31.5 Å². The first kappa shape index (κ1) is 14.4. The summed E-state index contributed by atoms with van der Waals surface area (Å²) in [4.78, 5) is 34.8. The number of carbonyl (C=O) groups is 2. The van der Waals surface area contributed by atoms with Crippen molar-refractivity contribution in [2.24, 2.45) is 0 Å². The molecule has 7 nitrogen and oxygen atoms in total. The number of nitrogens with one attached hydrogen (secondary N) is 1. The van der Waals surface area contributed by atoms with E-state index >= 15 is 0 Å². The molecule has 22 heavy (non-hydrogen) atoms. The third-order valence-corrected chi connectivity index (χ3v) is 3.42. The average Bonchev–Trinajstić information content (AvgIpc) is 3.24. The molecule has 0 saturated heterocycles. The number of nitrogens with zero attached hydrogens (tertiary/aromatic N) is 1. The van der Waals surface area contributed by atoms with Gasteiger partial charge >= 0.3 is 11.7 Å². The van der Waals surface area contributed by atoms with Crippen LogP contribution in [-0.2, 0) is 20.9 Å². The summed E-state index contributed by atoms with van der Waals surface area (Å²) in [5, 5.41) is 2.73. The Hall–Kier alpha value is -2.57. The zero-order chi connectivity index (χ0) is 15.5. The van der Waals surface area contributed by atoms with Crippen molar-refractivity contribution >= 4 is 23.0 Å². The van der Waals surface area contributed by atoms with E-state index in [1.807, 2.05) is 0 Å². The summed E-state index contributed by atoms with van der Waals surface area (Å²) < 4.78 is 11.3. The molecule has 0 aliphatic heterocycles. The van der Waals surface area contributed by atoms with Gasteiger partial charge in [0.05, 0.1) is 11.9 Å². The number of ether oxygens (including phenoxy) is 1. The predicted molar refractivity (Wildman–Crippen MR) is 77.2 cm³/mol. The molecule has 1 fully saturated rings. The molecule has 1 N–H and O–H groups in total. The Kier molecular flexibility index (Phi) is 3.95. The number of fused-ring (bicyclic) bond motifs is 1. The van der Waals surface area contributed by atoms with Crippen molar-refractivity contribution in [3.8, 4) is 0 Å². The molecule has 1 aromatic heterocycles. The van der Waals surface area contributed by atoms with Crippen LogP contribution in [0.2, 0.25) is 0 Å². The first-order valence-corrected chi connectivity index (χ1v) is 7.17. The van der Waals surface area contributed by atoms with Crippen LogP contribution in [0.4, 0.5) is 0 Å². The van der Waals surface area contributed by atoms with Crippen molar-refractivity contribution in [1.29, 1.82) is 0 Å². The number of aryl methyl sites for hydroxylation is 1. The van der Waals surface area contributed by atoms with Gasteiger partial charge in [-0.05, 0) is 25.0 Å². The number of amides is 1. The fourth-order valence-corrected chi connectivity index (χ4v) is 2.14. The summed E-state index contributed by atoms with van der Waals surface area (Å²) in [6.45, 7) is -0.130. The van der Waals surface area contributed by atoms with Crippen molar-refractivity contribution in [1.82, 2.24) is 9.88 Å². The lowest BCUT2D eigenvalue weighted by molar-refractivity contribution is -0.148. The van der Waals surface area contributed by atoms with E-state index in [4.69, 9.17) is 9.15 Å². The number of para-hydroxylation sites is 2. The maximum absolute atomic E-state index is 11.7. The van der Waals surface area contributed by atoms with E-state index in [9.17, 15) is 14.4 Å². The molecule has 1 aliphatic rings. The number of hydrogen-bond acceptors (Lipinski definition) is 5. The first-order chi connectivity index (χ1) is 10.6. The van der Waals surface area contributed by atoms with Gasteiger partial charge in [0.25, 0.3) is 5.91 Å². The van der Waals surface area contributed by atoms with Gasteiger partial charge in [-0.1, -0.05) is 12.1 Å². The van der Waals surface area contributed by atoms with E-state index < -0.39 is 11.7 Å². The molecule has 0 atom stereocenters. The standard InChI is InChI=1S/C15H16N2O5/c18-13(16-10-5-6-10)9-21-14(19)7-8-17-11-3-1-2-4-12(11)22-15(17)20/h1-4,10H,5-9H2,(H,16,18). The molecule has 0 radical (unpaired) electrons. The quantitative estimate of drug-likeness (QED) is 0.797. The summed E-state index contributed by atoms with van der Waals surface area (Å²) in [7, 11) is 0. The molecule has 2 aromatic rings. The molecule has 1 amide bonds. The highest BCUT2D eigenvalue weighted by Crippen LogP contribution is 2.18.